The van der Waals surface area contributed by atoms with Crippen LogP contribution in [0.15, 0.2) is 12.1 Å². The van der Waals surface area contributed by atoms with Gasteiger partial charge < -0.3 is 19.1 Å². The Morgan fingerprint density at radius 2 is 2.00 bits per heavy atom. The first-order chi connectivity index (χ1) is 8.67. The summed E-state index contributed by atoms with van der Waals surface area (Å²) in [6.45, 7) is 1.06. The lowest BCUT2D eigenvalue weighted by atomic mass is 10.2. The van der Waals surface area contributed by atoms with Gasteiger partial charge in [0.25, 0.3) is 5.91 Å². The van der Waals surface area contributed by atoms with Crippen LogP contribution < -0.4 is 14.4 Å². The van der Waals surface area contributed by atoms with Crippen molar-refractivity contribution in [2.45, 2.75) is 0 Å². The zero-order valence-corrected chi connectivity index (χ0v) is 11.0. The van der Waals surface area contributed by atoms with E-state index < -0.39 is 0 Å². The van der Waals surface area contributed by atoms with Crippen molar-refractivity contribution in [3.05, 3.63) is 17.2 Å². The van der Waals surface area contributed by atoms with Crippen LogP contribution in [-0.2, 0) is 9.53 Å². The fourth-order valence-corrected chi connectivity index (χ4v) is 2.06. The van der Waals surface area contributed by atoms with Crippen molar-refractivity contribution >= 4 is 23.2 Å². The van der Waals surface area contributed by atoms with E-state index in [0.717, 1.165) is 0 Å². The maximum atomic E-state index is 11.8. The Kier molecular flexibility index (Phi) is 3.93. The molecule has 1 heterocycles. The molecule has 0 aromatic heterocycles. The summed E-state index contributed by atoms with van der Waals surface area (Å²) in [7, 11) is 3.06. The lowest BCUT2D eigenvalue weighted by Gasteiger charge is -2.28. The lowest BCUT2D eigenvalue weighted by molar-refractivity contribution is -0.125. The zero-order chi connectivity index (χ0) is 13.1. The highest BCUT2D eigenvalue weighted by Gasteiger charge is 2.24. The molecule has 1 aliphatic heterocycles. The molecule has 0 spiro atoms. The van der Waals surface area contributed by atoms with Crippen molar-refractivity contribution < 1.29 is 19.0 Å². The lowest BCUT2D eigenvalue weighted by Crippen LogP contribution is -2.41. The Hall–Kier alpha value is -1.46. The number of rotatable bonds is 3. The van der Waals surface area contributed by atoms with Gasteiger partial charge in [-0.1, -0.05) is 11.6 Å². The van der Waals surface area contributed by atoms with E-state index in [9.17, 15) is 4.79 Å². The van der Waals surface area contributed by atoms with E-state index in [-0.39, 0.29) is 12.5 Å². The number of halogens is 1. The van der Waals surface area contributed by atoms with Gasteiger partial charge in [0.15, 0.2) is 0 Å². The van der Waals surface area contributed by atoms with E-state index in [4.69, 9.17) is 25.8 Å². The van der Waals surface area contributed by atoms with Gasteiger partial charge in [0.05, 0.1) is 31.5 Å². The maximum Gasteiger partial charge on any atom is 0.253 e. The first-order valence-corrected chi connectivity index (χ1v) is 5.84. The molecule has 1 aromatic carbocycles. The second kappa shape index (κ2) is 5.46. The Labute approximate surface area is 110 Å². The molecule has 0 saturated carbocycles. The number of carbonyl (C=O) groups excluding carboxylic acids is 1. The Morgan fingerprint density at radius 3 is 2.61 bits per heavy atom. The van der Waals surface area contributed by atoms with Gasteiger partial charge in [-0.05, 0) is 0 Å². The van der Waals surface area contributed by atoms with Crippen LogP contribution in [0.5, 0.6) is 11.5 Å². The third-order valence-electron chi connectivity index (χ3n) is 2.73. The molecule has 18 heavy (non-hydrogen) atoms. The predicted molar refractivity (Wildman–Crippen MR) is 67.7 cm³/mol. The van der Waals surface area contributed by atoms with Gasteiger partial charge in [0.2, 0.25) is 0 Å². The van der Waals surface area contributed by atoms with Gasteiger partial charge >= 0.3 is 0 Å². The predicted octanol–water partition coefficient (Wildman–Crippen LogP) is 1.72. The van der Waals surface area contributed by atoms with E-state index in [0.29, 0.717) is 35.4 Å². The molecule has 5 nitrogen and oxygen atoms in total. The quantitative estimate of drug-likeness (QED) is 0.840. The first-order valence-electron chi connectivity index (χ1n) is 5.47. The Morgan fingerprint density at radius 1 is 1.28 bits per heavy atom. The Balaban J connectivity index is 2.44. The summed E-state index contributed by atoms with van der Waals surface area (Å²) >= 11 is 6.02. The van der Waals surface area contributed by atoms with Gasteiger partial charge in [0, 0.05) is 18.7 Å². The summed E-state index contributed by atoms with van der Waals surface area (Å²) in [5, 5.41) is 0.443. The minimum Gasteiger partial charge on any atom is -0.495 e. The number of nitrogens with zero attached hydrogens (tertiary/aromatic N) is 1. The SMILES string of the molecule is COc1cc(N2CCOCC2=O)c(OC)cc1Cl. The van der Waals surface area contributed by atoms with E-state index in [1.54, 1.807) is 17.0 Å². The van der Waals surface area contributed by atoms with Crippen LogP contribution in [0.3, 0.4) is 0 Å². The number of methoxy groups -OCH3 is 2. The molecule has 1 amide bonds. The van der Waals surface area contributed by atoms with Crippen molar-refractivity contribution in [1.82, 2.24) is 0 Å². The van der Waals surface area contributed by atoms with Crippen molar-refractivity contribution in [2.24, 2.45) is 0 Å². The van der Waals surface area contributed by atoms with Crippen LogP contribution >= 0.6 is 11.6 Å². The standard InChI is InChI=1S/C12H14ClNO4/c1-16-10-6-9(11(17-2)5-8(10)13)14-3-4-18-7-12(14)15/h5-6H,3-4,7H2,1-2H3. The van der Waals surface area contributed by atoms with Crippen molar-refractivity contribution in [3.63, 3.8) is 0 Å². The zero-order valence-electron chi connectivity index (χ0n) is 10.2. The van der Waals surface area contributed by atoms with Gasteiger partial charge in [0.1, 0.15) is 18.1 Å². The number of morpholine rings is 1. The molecule has 0 N–H and O–H groups in total. The summed E-state index contributed by atoms with van der Waals surface area (Å²) in [4.78, 5) is 13.4. The molecule has 2 rings (SSSR count). The smallest absolute Gasteiger partial charge is 0.253 e. The number of carbonyl (C=O) groups is 1. The molecule has 0 atom stereocenters. The van der Waals surface area contributed by atoms with Gasteiger partial charge in [-0.25, -0.2) is 0 Å². The normalized spacial score (nSPS) is 15.7. The van der Waals surface area contributed by atoms with E-state index in [1.165, 1.54) is 14.2 Å². The third-order valence-corrected chi connectivity index (χ3v) is 3.03. The maximum absolute atomic E-state index is 11.8. The molecule has 1 aliphatic rings. The number of amides is 1. The molecule has 6 heteroatoms. The minimum absolute atomic E-state index is 0.0775. The average molecular weight is 272 g/mol. The largest absolute Gasteiger partial charge is 0.495 e. The summed E-state index contributed by atoms with van der Waals surface area (Å²) in [5.41, 5.74) is 0.645. The fraction of sp³-hybridized carbons (Fsp3) is 0.417. The Bertz CT molecular complexity index is 464. The molecular formula is C12H14ClNO4. The van der Waals surface area contributed by atoms with Gasteiger partial charge in [-0.3, -0.25) is 4.79 Å². The van der Waals surface area contributed by atoms with Crippen LogP contribution in [-0.4, -0.2) is 39.9 Å². The molecule has 0 bridgehead atoms. The summed E-state index contributed by atoms with van der Waals surface area (Å²) in [6, 6.07) is 3.34. The number of ether oxygens (including phenoxy) is 3. The molecular weight excluding hydrogens is 258 g/mol. The molecule has 0 aliphatic carbocycles. The number of anilines is 1. The van der Waals surface area contributed by atoms with Gasteiger partial charge in [-0.2, -0.15) is 0 Å². The van der Waals surface area contributed by atoms with E-state index in [2.05, 4.69) is 0 Å². The van der Waals surface area contributed by atoms with Crippen LogP contribution in [0.25, 0.3) is 0 Å². The minimum atomic E-state index is -0.107. The molecule has 98 valence electrons. The van der Waals surface area contributed by atoms with Crippen LogP contribution in [0, 0.1) is 0 Å². The van der Waals surface area contributed by atoms with Crippen LogP contribution in [0.4, 0.5) is 5.69 Å². The van der Waals surface area contributed by atoms with E-state index >= 15 is 0 Å². The fourth-order valence-electron chi connectivity index (χ4n) is 1.83. The van der Waals surface area contributed by atoms with Crippen molar-refractivity contribution in [3.8, 4) is 11.5 Å². The molecule has 0 radical (unpaired) electrons. The monoisotopic (exact) mass is 271 g/mol. The number of benzene rings is 1. The highest BCUT2D eigenvalue weighted by Crippen LogP contribution is 2.38. The second-order valence-corrected chi connectivity index (χ2v) is 4.16. The summed E-state index contributed by atoms with van der Waals surface area (Å²) < 4.78 is 15.5. The van der Waals surface area contributed by atoms with Crippen molar-refractivity contribution in [2.75, 3.05) is 38.9 Å². The summed E-state index contributed by atoms with van der Waals surface area (Å²) in [6.07, 6.45) is 0. The first kappa shape index (κ1) is 13.0. The van der Waals surface area contributed by atoms with Gasteiger partial charge in [-0.15, -0.1) is 0 Å². The molecule has 0 unspecified atom stereocenters. The van der Waals surface area contributed by atoms with E-state index in [1.807, 2.05) is 0 Å². The highest BCUT2D eigenvalue weighted by atomic mass is 35.5. The average Bonchev–Trinajstić information content (AvgIpc) is 2.39. The summed E-state index contributed by atoms with van der Waals surface area (Å²) in [5.74, 6) is 0.937. The molecule has 1 fully saturated rings. The van der Waals surface area contributed by atoms with Crippen LogP contribution in [0.1, 0.15) is 0 Å². The van der Waals surface area contributed by atoms with Crippen LogP contribution in [0.2, 0.25) is 5.02 Å². The molecule has 1 aromatic rings. The third kappa shape index (κ3) is 2.37. The highest BCUT2D eigenvalue weighted by molar-refractivity contribution is 6.32. The second-order valence-electron chi connectivity index (χ2n) is 3.76. The number of hydrogen-bond donors (Lipinski definition) is 0. The number of hydrogen-bond acceptors (Lipinski definition) is 4. The topological polar surface area (TPSA) is 48.0 Å². The van der Waals surface area contributed by atoms with Crippen molar-refractivity contribution in [1.29, 1.82) is 0 Å². The molecule has 1 saturated heterocycles.